The maximum absolute atomic E-state index is 5.33. The number of furan rings is 1. The third-order valence-corrected chi connectivity index (χ3v) is 2.14. The maximum atomic E-state index is 5.33. The van der Waals surface area contributed by atoms with E-state index in [1.54, 1.807) is 20.3 Å². The largest absolute Gasteiger partial charge is 0.497 e. The van der Waals surface area contributed by atoms with Crippen LogP contribution in [0.4, 0.5) is 11.6 Å². The molecule has 0 fully saturated rings. The number of benzene rings is 1. The lowest BCUT2D eigenvalue weighted by Crippen LogP contribution is -1.88. The maximum Gasteiger partial charge on any atom is 0.285 e. The molecule has 2 rings (SSSR count). The Morgan fingerprint density at radius 3 is 2.25 bits per heavy atom. The van der Waals surface area contributed by atoms with Crippen LogP contribution in [0.25, 0.3) is 0 Å². The lowest BCUT2D eigenvalue weighted by atomic mass is 10.3. The second-order valence-electron chi connectivity index (χ2n) is 3.18. The van der Waals surface area contributed by atoms with Crippen molar-refractivity contribution >= 4 is 11.6 Å². The summed E-state index contributed by atoms with van der Waals surface area (Å²) < 4.78 is 15.3. The predicted molar refractivity (Wildman–Crippen MR) is 61.5 cm³/mol. The lowest BCUT2D eigenvalue weighted by Gasteiger charge is -2.04. The fraction of sp³-hybridized carbons (Fsp3) is 0.167. The van der Waals surface area contributed by atoms with E-state index in [-0.39, 0.29) is 0 Å². The number of rotatable bonds is 4. The standard InChI is InChI=1S/C12H13NO3/c1-14-10-5-3-9(4-6-10)13-11-7-8-12(15-2)16-11/h3-8,13H,1-2H3. The summed E-state index contributed by atoms with van der Waals surface area (Å²) in [4.78, 5) is 0. The highest BCUT2D eigenvalue weighted by molar-refractivity contribution is 5.56. The van der Waals surface area contributed by atoms with Crippen LogP contribution in [0.3, 0.4) is 0 Å². The van der Waals surface area contributed by atoms with E-state index in [9.17, 15) is 0 Å². The van der Waals surface area contributed by atoms with Crippen LogP contribution in [0.1, 0.15) is 0 Å². The predicted octanol–water partition coefficient (Wildman–Crippen LogP) is 3.04. The van der Waals surface area contributed by atoms with Gasteiger partial charge in [0.25, 0.3) is 5.95 Å². The van der Waals surface area contributed by atoms with Gasteiger partial charge in [-0.2, -0.15) is 0 Å². The highest BCUT2D eigenvalue weighted by Crippen LogP contribution is 2.24. The Morgan fingerprint density at radius 1 is 0.938 bits per heavy atom. The van der Waals surface area contributed by atoms with Gasteiger partial charge in [0, 0.05) is 17.8 Å². The smallest absolute Gasteiger partial charge is 0.285 e. The van der Waals surface area contributed by atoms with E-state index in [2.05, 4.69) is 5.32 Å². The van der Waals surface area contributed by atoms with Crippen molar-refractivity contribution in [3.8, 4) is 11.7 Å². The SMILES string of the molecule is COc1ccc(Nc2ccc(OC)o2)cc1. The molecule has 0 unspecified atom stereocenters. The molecule has 84 valence electrons. The number of ether oxygens (including phenoxy) is 2. The Hall–Kier alpha value is -2.10. The Bertz CT molecular complexity index is 448. The monoisotopic (exact) mass is 219 g/mol. The first-order chi connectivity index (χ1) is 7.81. The summed E-state index contributed by atoms with van der Waals surface area (Å²) in [6, 6.07) is 11.1. The molecule has 4 nitrogen and oxygen atoms in total. The molecule has 0 aliphatic carbocycles. The average Bonchev–Trinajstić information content (AvgIpc) is 2.78. The minimum Gasteiger partial charge on any atom is -0.497 e. The summed E-state index contributed by atoms with van der Waals surface area (Å²) in [5.74, 6) is 1.95. The van der Waals surface area contributed by atoms with E-state index in [1.807, 2.05) is 30.3 Å². The average molecular weight is 219 g/mol. The summed E-state index contributed by atoms with van der Waals surface area (Å²) in [6.45, 7) is 0. The molecule has 1 N–H and O–H groups in total. The number of hydrogen-bond acceptors (Lipinski definition) is 4. The number of methoxy groups -OCH3 is 2. The first-order valence-electron chi connectivity index (χ1n) is 4.87. The fourth-order valence-corrected chi connectivity index (χ4v) is 1.31. The summed E-state index contributed by atoms with van der Waals surface area (Å²) in [5.41, 5.74) is 0.929. The highest BCUT2D eigenvalue weighted by atomic mass is 16.6. The van der Waals surface area contributed by atoms with Gasteiger partial charge in [-0.1, -0.05) is 0 Å². The molecular weight excluding hydrogens is 206 g/mol. The molecule has 1 aromatic heterocycles. The summed E-state index contributed by atoms with van der Waals surface area (Å²) in [7, 11) is 3.20. The molecule has 16 heavy (non-hydrogen) atoms. The van der Waals surface area contributed by atoms with Crippen LogP contribution in [0.15, 0.2) is 40.8 Å². The second-order valence-corrected chi connectivity index (χ2v) is 3.18. The third-order valence-electron chi connectivity index (χ3n) is 2.14. The van der Waals surface area contributed by atoms with Crippen molar-refractivity contribution in [3.05, 3.63) is 36.4 Å². The van der Waals surface area contributed by atoms with Gasteiger partial charge in [0.1, 0.15) is 5.75 Å². The topological polar surface area (TPSA) is 43.6 Å². The molecular formula is C12H13NO3. The zero-order valence-corrected chi connectivity index (χ0v) is 9.19. The first-order valence-corrected chi connectivity index (χ1v) is 4.87. The molecule has 0 aliphatic heterocycles. The van der Waals surface area contributed by atoms with Gasteiger partial charge in [0.2, 0.25) is 5.88 Å². The minimum atomic E-state index is 0.482. The number of hydrogen-bond donors (Lipinski definition) is 1. The molecule has 0 amide bonds. The number of nitrogens with one attached hydrogen (secondary N) is 1. The molecule has 0 aliphatic rings. The molecule has 0 saturated heterocycles. The van der Waals surface area contributed by atoms with Crippen molar-refractivity contribution in [1.82, 2.24) is 0 Å². The summed E-state index contributed by atoms with van der Waals surface area (Å²) in [6.07, 6.45) is 0. The highest BCUT2D eigenvalue weighted by Gasteiger charge is 2.01. The third kappa shape index (κ3) is 2.28. The van der Waals surface area contributed by atoms with E-state index in [0.717, 1.165) is 11.4 Å². The molecule has 1 aromatic carbocycles. The van der Waals surface area contributed by atoms with Crippen molar-refractivity contribution in [2.45, 2.75) is 0 Å². The number of anilines is 2. The van der Waals surface area contributed by atoms with Crippen molar-refractivity contribution in [2.24, 2.45) is 0 Å². The molecule has 0 bridgehead atoms. The van der Waals surface area contributed by atoms with E-state index >= 15 is 0 Å². The van der Waals surface area contributed by atoms with Gasteiger partial charge in [-0.05, 0) is 24.3 Å². The van der Waals surface area contributed by atoms with Crippen molar-refractivity contribution in [1.29, 1.82) is 0 Å². The van der Waals surface area contributed by atoms with Crippen LogP contribution in [0, 0.1) is 0 Å². The summed E-state index contributed by atoms with van der Waals surface area (Å²) >= 11 is 0. The zero-order chi connectivity index (χ0) is 11.4. The molecule has 2 aromatic rings. The minimum absolute atomic E-state index is 0.482. The van der Waals surface area contributed by atoms with Gasteiger partial charge < -0.3 is 19.2 Å². The lowest BCUT2D eigenvalue weighted by molar-refractivity contribution is 0.310. The van der Waals surface area contributed by atoms with Gasteiger partial charge in [0.05, 0.1) is 14.2 Å². The zero-order valence-electron chi connectivity index (χ0n) is 9.19. The van der Waals surface area contributed by atoms with Crippen LogP contribution in [0.2, 0.25) is 0 Å². The van der Waals surface area contributed by atoms with Crippen LogP contribution < -0.4 is 14.8 Å². The molecule has 0 spiro atoms. The first kappa shape index (κ1) is 10.4. The van der Waals surface area contributed by atoms with E-state index in [1.165, 1.54) is 0 Å². The molecule has 0 radical (unpaired) electrons. The van der Waals surface area contributed by atoms with Crippen LogP contribution in [-0.4, -0.2) is 14.2 Å². The summed E-state index contributed by atoms with van der Waals surface area (Å²) in [5, 5.41) is 3.11. The molecule has 0 atom stereocenters. The Balaban J connectivity index is 2.08. The quantitative estimate of drug-likeness (QED) is 0.858. The molecule has 4 heteroatoms. The second kappa shape index (κ2) is 4.61. The van der Waals surface area contributed by atoms with Gasteiger partial charge >= 0.3 is 0 Å². The fourth-order valence-electron chi connectivity index (χ4n) is 1.31. The Kier molecular flexibility index (Phi) is 3.00. The molecule has 0 saturated carbocycles. The van der Waals surface area contributed by atoms with Gasteiger partial charge in [-0.3, -0.25) is 0 Å². The Morgan fingerprint density at radius 2 is 1.69 bits per heavy atom. The molecule has 1 heterocycles. The van der Waals surface area contributed by atoms with E-state index in [4.69, 9.17) is 13.9 Å². The van der Waals surface area contributed by atoms with Crippen molar-refractivity contribution < 1.29 is 13.9 Å². The Labute approximate surface area is 93.8 Å². The van der Waals surface area contributed by atoms with Crippen molar-refractivity contribution in [3.63, 3.8) is 0 Å². The van der Waals surface area contributed by atoms with E-state index < -0.39 is 0 Å². The van der Waals surface area contributed by atoms with Gasteiger partial charge in [-0.15, -0.1) is 0 Å². The van der Waals surface area contributed by atoms with E-state index in [0.29, 0.717) is 11.8 Å². The van der Waals surface area contributed by atoms with Crippen molar-refractivity contribution in [2.75, 3.05) is 19.5 Å². The van der Waals surface area contributed by atoms with Crippen LogP contribution in [-0.2, 0) is 0 Å². The normalized spacial score (nSPS) is 9.88. The van der Waals surface area contributed by atoms with Crippen LogP contribution >= 0.6 is 0 Å². The van der Waals surface area contributed by atoms with Gasteiger partial charge in [-0.25, -0.2) is 0 Å². The van der Waals surface area contributed by atoms with Gasteiger partial charge in [0.15, 0.2) is 0 Å². The van der Waals surface area contributed by atoms with Crippen LogP contribution in [0.5, 0.6) is 11.7 Å².